The summed E-state index contributed by atoms with van der Waals surface area (Å²) in [6.45, 7) is 40.1. The van der Waals surface area contributed by atoms with Crippen molar-refractivity contribution in [3.63, 3.8) is 0 Å². The summed E-state index contributed by atoms with van der Waals surface area (Å²) in [6.07, 6.45) is 8.83. The first-order chi connectivity index (χ1) is 15.4. The Labute approximate surface area is 266 Å². The smallest absolute Gasteiger partial charge is 1.00 e. The van der Waals surface area contributed by atoms with Gasteiger partial charge in [0.2, 0.25) is 0 Å². The molecule has 0 bridgehead atoms. The van der Waals surface area contributed by atoms with E-state index in [2.05, 4.69) is 146 Å². The largest absolute Gasteiger partial charge is 2.00 e. The van der Waals surface area contributed by atoms with Crippen LogP contribution in [-0.4, -0.2) is 81.0 Å². The van der Waals surface area contributed by atoms with Gasteiger partial charge in [-0.2, -0.15) is 0 Å². The van der Waals surface area contributed by atoms with Gasteiger partial charge in [-0.1, -0.05) is 25.1 Å². The summed E-state index contributed by atoms with van der Waals surface area (Å²) in [5, 5.41) is 0. The first-order valence-electron chi connectivity index (χ1n) is 12.8. The molecule has 0 radical (unpaired) electrons. The molecule has 2 heterocycles. The molecule has 9 heteroatoms. The van der Waals surface area contributed by atoms with Crippen LogP contribution in [0.15, 0.2) is 41.6 Å². The van der Waals surface area contributed by atoms with E-state index in [1.807, 2.05) is 13.8 Å². The summed E-state index contributed by atoms with van der Waals surface area (Å²) in [5.41, 5.74) is 5.51. The number of rotatable bonds is 1. The Morgan fingerprint density at radius 2 is 0.838 bits per heavy atom. The normalized spacial score (nSPS) is 16.4. The second kappa shape index (κ2) is 15.8. The van der Waals surface area contributed by atoms with Gasteiger partial charge in [-0.15, -0.1) is 11.1 Å². The molecule has 0 saturated heterocycles. The van der Waals surface area contributed by atoms with Crippen LogP contribution in [0.3, 0.4) is 0 Å². The van der Waals surface area contributed by atoms with Crippen molar-refractivity contribution in [2.75, 3.05) is 0 Å². The molecule has 0 N–H and O–H groups in total. The van der Waals surface area contributed by atoms with Crippen LogP contribution in [0.2, 0.25) is 0 Å². The van der Waals surface area contributed by atoms with Crippen LogP contribution in [0.1, 0.15) is 111 Å². The summed E-state index contributed by atoms with van der Waals surface area (Å²) < 4.78 is 9.73. The summed E-state index contributed by atoms with van der Waals surface area (Å²) in [5.74, 6) is 0. The molecule has 2 aliphatic rings. The van der Waals surface area contributed by atoms with E-state index in [9.17, 15) is 0 Å². The fraction of sp³-hybridized carbons (Fsp3) is 0.714. The summed E-state index contributed by atoms with van der Waals surface area (Å²) in [7, 11) is -2.73. The zero-order chi connectivity index (χ0) is 28.2. The van der Waals surface area contributed by atoms with E-state index in [0.717, 1.165) is 5.57 Å². The van der Waals surface area contributed by atoms with E-state index in [4.69, 9.17) is 17.7 Å². The van der Waals surface area contributed by atoms with Gasteiger partial charge in [0.1, 0.15) is 0 Å². The van der Waals surface area contributed by atoms with E-state index in [0.29, 0.717) is 0 Å². The molecule has 0 fully saturated rings. The topological polar surface area (TPSA) is 13.0 Å². The molecular weight excluding hydrogens is 588 g/mol. The van der Waals surface area contributed by atoms with Crippen LogP contribution >= 0.6 is 11.1 Å². The molecule has 212 valence electrons. The van der Waals surface area contributed by atoms with Gasteiger partial charge in [0.25, 0.3) is 9.12 Å². The average molecular weight is 645 g/mol. The average Bonchev–Trinajstić information content (AvgIpc) is 3.16. The summed E-state index contributed by atoms with van der Waals surface area (Å²) in [4.78, 5) is 0. The van der Waals surface area contributed by atoms with E-state index in [-0.39, 0.29) is 62.2 Å². The van der Waals surface area contributed by atoms with E-state index < -0.39 is 17.5 Å². The molecule has 4 nitrogen and oxygen atoms in total. The fourth-order valence-corrected chi connectivity index (χ4v) is 11.1. The number of allylic oxidation sites excluding steroid dienone is 2. The molecule has 0 amide bonds. The Morgan fingerprint density at radius 3 is 1.00 bits per heavy atom. The SMILES string of the molecule is CC(C)(C)N1C=CN(C(C)(C)C)[SiH]1Cl.CC(C)=C[SiH]1N(C(C)(C)C)C=CN1C(C)(C)C.[Br-].[CH-]=C(C)C.[Mg+2]. The number of nitrogens with zero attached hydrogens (tertiary/aromatic N) is 4. The third-order valence-corrected chi connectivity index (χ3v) is 13.5. The van der Waals surface area contributed by atoms with Gasteiger partial charge in [-0.25, -0.2) is 0 Å². The maximum absolute atomic E-state index is 6.54. The molecule has 37 heavy (non-hydrogen) atoms. The molecule has 2 aliphatic heterocycles. The van der Waals surface area contributed by atoms with Gasteiger partial charge < -0.3 is 41.8 Å². The van der Waals surface area contributed by atoms with Gasteiger partial charge in [0.05, 0.1) is 0 Å². The molecule has 0 aliphatic carbocycles. The zero-order valence-electron chi connectivity index (χ0n) is 26.9. The van der Waals surface area contributed by atoms with Crippen molar-refractivity contribution >= 4 is 51.7 Å². The quantitative estimate of drug-likeness (QED) is 0.243. The monoisotopic (exact) mass is 642 g/mol. The van der Waals surface area contributed by atoms with Crippen LogP contribution in [0.5, 0.6) is 0 Å². The fourth-order valence-electron chi connectivity index (χ4n) is 3.66. The van der Waals surface area contributed by atoms with Gasteiger partial charge in [-0.3, -0.25) is 5.57 Å². The minimum absolute atomic E-state index is 0. The maximum atomic E-state index is 6.54. The zero-order valence-corrected chi connectivity index (χ0v) is 32.9. The first-order valence-corrected chi connectivity index (χ1v) is 17.2. The van der Waals surface area contributed by atoms with Crippen LogP contribution in [0.4, 0.5) is 0 Å². The van der Waals surface area contributed by atoms with Crippen molar-refractivity contribution < 1.29 is 17.0 Å². The molecular formula is C28H56BrClMgN4Si2. The molecule has 0 aromatic heterocycles. The first kappa shape index (κ1) is 41.6. The molecule has 0 saturated carbocycles. The number of hydrogen-bond acceptors (Lipinski definition) is 4. The number of hydrogen-bond donors (Lipinski definition) is 0. The van der Waals surface area contributed by atoms with Crippen LogP contribution in [0, 0.1) is 6.58 Å². The molecule has 0 spiro atoms. The summed E-state index contributed by atoms with van der Waals surface area (Å²) >= 11 is 6.54. The van der Waals surface area contributed by atoms with Crippen LogP contribution in [0.25, 0.3) is 0 Å². The molecule has 0 unspecified atom stereocenters. The van der Waals surface area contributed by atoms with Crippen molar-refractivity contribution in [2.45, 2.75) is 133 Å². The Kier molecular flexibility index (Phi) is 17.8. The van der Waals surface area contributed by atoms with Gasteiger partial charge in [-0.05, 0) is 96.9 Å². The Balaban J connectivity index is -0.000000527. The second-order valence-corrected chi connectivity index (χ2v) is 19.1. The minimum atomic E-state index is -1.50. The van der Waals surface area contributed by atoms with Crippen molar-refractivity contribution in [1.82, 2.24) is 18.3 Å². The predicted molar refractivity (Wildman–Crippen MR) is 169 cm³/mol. The van der Waals surface area contributed by atoms with E-state index in [1.54, 1.807) is 0 Å². The maximum Gasteiger partial charge on any atom is 2.00 e. The Hall–Kier alpha value is 0.130. The van der Waals surface area contributed by atoms with E-state index in [1.165, 1.54) is 5.57 Å². The standard InChI is InChI=1S/C14H28N2Si.C10H21ClN2Si.C4H7.BrH.Mg/c1-12(2)11-17-15(13(3,4)5)9-10-16(17)14(6,7)8;1-9(2,3)12-7-8-13(14(12)11)10(4,5)6;1-4(2)3;;/h9-11,17H,1-8H3;7-8,14H,1-6H3;1H,2-3H3;1H;/q;;-1;;+2/p-1. The van der Waals surface area contributed by atoms with Gasteiger partial charge >= 0.3 is 31.5 Å². The van der Waals surface area contributed by atoms with Crippen LogP contribution < -0.4 is 17.0 Å². The molecule has 0 aromatic rings. The summed E-state index contributed by atoms with van der Waals surface area (Å²) in [6, 6.07) is 0. The molecule has 2 rings (SSSR count). The third kappa shape index (κ3) is 14.4. The predicted octanol–water partition coefficient (Wildman–Crippen LogP) is 4.04. The van der Waals surface area contributed by atoms with Crippen molar-refractivity contribution in [2.24, 2.45) is 0 Å². The van der Waals surface area contributed by atoms with Gasteiger partial charge in [0.15, 0.2) is 0 Å². The van der Waals surface area contributed by atoms with E-state index >= 15 is 0 Å². The Morgan fingerprint density at radius 1 is 0.622 bits per heavy atom. The molecule has 0 aromatic carbocycles. The third-order valence-electron chi connectivity index (χ3n) is 5.39. The molecule has 0 atom stereocenters. The number of halogens is 2. The van der Waals surface area contributed by atoms with Crippen molar-refractivity contribution in [3.8, 4) is 0 Å². The van der Waals surface area contributed by atoms with Crippen LogP contribution in [-0.2, 0) is 0 Å². The second-order valence-electron chi connectivity index (χ2n) is 14.0. The minimum Gasteiger partial charge on any atom is -1.00 e. The van der Waals surface area contributed by atoms with Crippen molar-refractivity contribution in [1.29, 1.82) is 0 Å². The van der Waals surface area contributed by atoms with Crippen molar-refractivity contribution in [3.05, 3.63) is 48.2 Å². The van der Waals surface area contributed by atoms with Gasteiger partial charge in [0, 0.05) is 47.0 Å². The Bertz CT molecular complexity index is 734.